The molecular formula is C16H20O7. The van der Waals surface area contributed by atoms with E-state index in [1.807, 2.05) is 0 Å². The lowest BCUT2D eigenvalue weighted by Crippen LogP contribution is -2.13. The van der Waals surface area contributed by atoms with Gasteiger partial charge in [-0.05, 0) is 17.7 Å². The summed E-state index contributed by atoms with van der Waals surface area (Å²) in [6.07, 6.45) is -0.304. The molecule has 0 saturated carbocycles. The minimum absolute atomic E-state index is 0.112. The van der Waals surface area contributed by atoms with E-state index < -0.39 is 24.0 Å². The molecule has 0 fully saturated rings. The number of carbonyl (C=O) groups excluding carboxylic acids is 3. The zero-order valence-corrected chi connectivity index (χ0v) is 13.6. The number of hydrogen-bond acceptors (Lipinski definition) is 7. The molecule has 0 spiro atoms. The maximum Gasteiger partial charge on any atom is 0.308 e. The molecule has 0 aromatic heterocycles. The van der Waals surface area contributed by atoms with Crippen LogP contribution in [0.3, 0.4) is 0 Å². The lowest BCUT2D eigenvalue weighted by Gasteiger charge is -2.19. The summed E-state index contributed by atoms with van der Waals surface area (Å²) in [7, 11) is 1.44. The van der Waals surface area contributed by atoms with Crippen molar-refractivity contribution in [3.05, 3.63) is 23.8 Å². The van der Waals surface area contributed by atoms with Crippen molar-refractivity contribution in [2.75, 3.05) is 13.7 Å². The van der Waals surface area contributed by atoms with Gasteiger partial charge < -0.3 is 18.9 Å². The largest absolute Gasteiger partial charge is 0.493 e. The summed E-state index contributed by atoms with van der Waals surface area (Å²) >= 11 is 0. The number of carbonyl (C=O) groups is 3. The zero-order valence-electron chi connectivity index (χ0n) is 13.6. The van der Waals surface area contributed by atoms with Crippen molar-refractivity contribution >= 4 is 17.9 Å². The molecule has 7 heteroatoms. The van der Waals surface area contributed by atoms with Gasteiger partial charge in [0, 0.05) is 27.2 Å². The van der Waals surface area contributed by atoms with Crippen molar-refractivity contribution < 1.29 is 33.3 Å². The van der Waals surface area contributed by atoms with E-state index in [0.717, 1.165) is 0 Å². The molecule has 0 heterocycles. The van der Waals surface area contributed by atoms with Gasteiger partial charge in [0.05, 0.1) is 13.7 Å². The molecule has 23 heavy (non-hydrogen) atoms. The molecule has 1 rings (SSSR count). The fraction of sp³-hybridized carbons (Fsp3) is 0.438. The van der Waals surface area contributed by atoms with Crippen molar-refractivity contribution in [3.8, 4) is 11.5 Å². The molecule has 0 aliphatic heterocycles. The van der Waals surface area contributed by atoms with Crippen LogP contribution in [0.25, 0.3) is 0 Å². The molecule has 1 unspecified atom stereocenters. The van der Waals surface area contributed by atoms with Crippen LogP contribution in [0.2, 0.25) is 0 Å². The van der Waals surface area contributed by atoms with Gasteiger partial charge in [-0.1, -0.05) is 6.07 Å². The Morgan fingerprint density at radius 1 is 1.00 bits per heavy atom. The van der Waals surface area contributed by atoms with Crippen molar-refractivity contribution in [1.29, 1.82) is 0 Å². The van der Waals surface area contributed by atoms with Crippen LogP contribution in [0.5, 0.6) is 11.5 Å². The Hall–Kier alpha value is -2.57. The predicted molar refractivity (Wildman–Crippen MR) is 80.1 cm³/mol. The predicted octanol–water partition coefficient (Wildman–Crippen LogP) is 2.18. The average molecular weight is 324 g/mol. The van der Waals surface area contributed by atoms with Crippen LogP contribution in [0, 0.1) is 0 Å². The SMILES string of the molecule is COc1cc(C(CCOC(C)=O)OC(C)=O)ccc1OC(C)=O. The molecule has 0 bridgehead atoms. The summed E-state index contributed by atoms with van der Waals surface area (Å²) in [5.41, 5.74) is 0.639. The van der Waals surface area contributed by atoms with Gasteiger partial charge in [0.25, 0.3) is 0 Å². The Bertz CT molecular complexity index is 580. The molecule has 126 valence electrons. The second kappa shape index (κ2) is 8.77. The van der Waals surface area contributed by atoms with E-state index in [-0.39, 0.29) is 12.4 Å². The van der Waals surface area contributed by atoms with Crippen LogP contribution >= 0.6 is 0 Å². The Morgan fingerprint density at radius 3 is 2.22 bits per heavy atom. The third-order valence-corrected chi connectivity index (χ3v) is 2.81. The first kappa shape index (κ1) is 18.5. The third-order valence-electron chi connectivity index (χ3n) is 2.81. The zero-order chi connectivity index (χ0) is 17.4. The molecule has 1 aromatic rings. The van der Waals surface area contributed by atoms with E-state index in [2.05, 4.69) is 0 Å². The molecule has 1 aromatic carbocycles. The molecule has 0 amide bonds. The molecule has 0 N–H and O–H groups in total. The van der Waals surface area contributed by atoms with Crippen molar-refractivity contribution in [3.63, 3.8) is 0 Å². The van der Waals surface area contributed by atoms with Gasteiger partial charge in [-0.15, -0.1) is 0 Å². The first-order valence-corrected chi connectivity index (χ1v) is 7.00. The van der Waals surface area contributed by atoms with E-state index in [9.17, 15) is 14.4 Å². The first-order chi connectivity index (χ1) is 10.8. The molecule has 0 radical (unpaired) electrons. The maximum absolute atomic E-state index is 11.3. The van der Waals surface area contributed by atoms with Gasteiger partial charge in [0.1, 0.15) is 6.10 Å². The average Bonchev–Trinajstić information content (AvgIpc) is 2.45. The molecule has 0 aliphatic carbocycles. The summed E-state index contributed by atoms with van der Waals surface area (Å²) in [5, 5.41) is 0. The highest BCUT2D eigenvalue weighted by atomic mass is 16.6. The fourth-order valence-electron chi connectivity index (χ4n) is 1.93. The Kier molecular flexibility index (Phi) is 7.05. The van der Waals surface area contributed by atoms with Crippen LogP contribution < -0.4 is 9.47 Å². The standard InChI is InChI=1S/C16H20O7/c1-10(17)21-8-7-14(22-11(2)18)13-5-6-15(23-12(3)19)16(9-13)20-4/h5-6,9,14H,7-8H2,1-4H3. The number of methoxy groups -OCH3 is 1. The molecule has 7 nitrogen and oxygen atoms in total. The van der Waals surface area contributed by atoms with Crippen molar-refractivity contribution in [2.45, 2.75) is 33.3 Å². The lowest BCUT2D eigenvalue weighted by molar-refractivity contribution is -0.149. The van der Waals surface area contributed by atoms with E-state index in [4.69, 9.17) is 18.9 Å². The summed E-state index contributed by atoms with van der Waals surface area (Å²) in [6.45, 7) is 4.00. The van der Waals surface area contributed by atoms with Crippen molar-refractivity contribution in [1.82, 2.24) is 0 Å². The van der Waals surface area contributed by atoms with E-state index in [1.54, 1.807) is 18.2 Å². The highest BCUT2D eigenvalue weighted by Gasteiger charge is 2.18. The summed E-state index contributed by atoms with van der Waals surface area (Å²) in [5.74, 6) is -0.731. The lowest BCUT2D eigenvalue weighted by atomic mass is 10.1. The van der Waals surface area contributed by atoms with Gasteiger partial charge in [-0.25, -0.2) is 0 Å². The summed E-state index contributed by atoms with van der Waals surface area (Å²) in [6, 6.07) is 4.82. The third kappa shape index (κ3) is 6.37. The van der Waals surface area contributed by atoms with Gasteiger partial charge >= 0.3 is 17.9 Å². The number of benzene rings is 1. The Labute approximate surface area is 134 Å². The van der Waals surface area contributed by atoms with E-state index in [0.29, 0.717) is 17.7 Å². The molecular weight excluding hydrogens is 304 g/mol. The van der Waals surface area contributed by atoms with Gasteiger partial charge in [-0.2, -0.15) is 0 Å². The van der Waals surface area contributed by atoms with Crippen LogP contribution in [0.15, 0.2) is 18.2 Å². The number of hydrogen-bond donors (Lipinski definition) is 0. The topological polar surface area (TPSA) is 88.1 Å². The van der Waals surface area contributed by atoms with Gasteiger partial charge in [0.2, 0.25) is 0 Å². The van der Waals surface area contributed by atoms with Crippen LogP contribution in [0.1, 0.15) is 38.9 Å². The minimum atomic E-state index is -0.605. The molecule has 1 atom stereocenters. The normalized spacial score (nSPS) is 11.3. The second-order valence-electron chi connectivity index (χ2n) is 4.73. The Morgan fingerprint density at radius 2 is 1.70 bits per heavy atom. The van der Waals surface area contributed by atoms with Crippen molar-refractivity contribution in [2.24, 2.45) is 0 Å². The maximum atomic E-state index is 11.3. The number of ether oxygens (including phenoxy) is 4. The van der Waals surface area contributed by atoms with Crippen LogP contribution in [0.4, 0.5) is 0 Å². The van der Waals surface area contributed by atoms with E-state index in [1.165, 1.54) is 27.9 Å². The smallest absolute Gasteiger partial charge is 0.308 e. The van der Waals surface area contributed by atoms with Crippen LogP contribution in [-0.2, 0) is 23.9 Å². The van der Waals surface area contributed by atoms with Crippen LogP contribution in [-0.4, -0.2) is 31.6 Å². The summed E-state index contributed by atoms with van der Waals surface area (Å²) in [4.78, 5) is 33.1. The highest BCUT2D eigenvalue weighted by Crippen LogP contribution is 2.32. The quantitative estimate of drug-likeness (QED) is 0.561. The fourth-order valence-corrected chi connectivity index (χ4v) is 1.93. The monoisotopic (exact) mass is 324 g/mol. The minimum Gasteiger partial charge on any atom is -0.493 e. The second-order valence-corrected chi connectivity index (χ2v) is 4.73. The highest BCUT2D eigenvalue weighted by molar-refractivity contribution is 5.70. The number of rotatable bonds is 7. The van der Waals surface area contributed by atoms with Gasteiger partial charge in [-0.3, -0.25) is 14.4 Å². The Balaban J connectivity index is 2.97. The summed E-state index contributed by atoms with van der Waals surface area (Å²) < 4.78 is 20.3. The van der Waals surface area contributed by atoms with Gasteiger partial charge in [0.15, 0.2) is 11.5 Å². The molecule has 0 aliphatic rings. The molecule has 0 saturated heterocycles. The number of esters is 3. The first-order valence-electron chi connectivity index (χ1n) is 7.00. The van der Waals surface area contributed by atoms with E-state index >= 15 is 0 Å².